The second-order valence-corrected chi connectivity index (χ2v) is 11.9. The van der Waals surface area contributed by atoms with Crippen molar-refractivity contribution in [2.75, 3.05) is 4.90 Å². The first-order valence-electron chi connectivity index (χ1n) is 11.6. The van der Waals surface area contributed by atoms with Crippen molar-refractivity contribution >= 4 is 28.7 Å². The van der Waals surface area contributed by atoms with Gasteiger partial charge in [-0.1, -0.05) is 39.0 Å². The highest BCUT2D eigenvalue weighted by Crippen LogP contribution is 2.64. The van der Waals surface area contributed by atoms with Crippen molar-refractivity contribution in [3.8, 4) is 0 Å². The molecule has 4 heterocycles. The largest absolute Gasteiger partial charge is 0.422 e. The molecule has 1 aliphatic carbocycles. The zero-order chi connectivity index (χ0) is 22.7. The topological polar surface area (TPSA) is 68.7 Å². The van der Waals surface area contributed by atoms with E-state index in [9.17, 15) is 9.59 Å². The van der Waals surface area contributed by atoms with Gasteiger partial charge in [0, 0.05) is 31.7 Å². The van der Waals surface area contributed by atoms with Crippen LogP contribution in [0.2, 0.25) is 0 Å². The van der Waals surface area contributed by atoms with Gasteiger partial charge in [-0.3, -0.25) is 9.59 Å². The first-order valence-corrected chi connectivity index (χ1v) is 11.6. The molecule has 3 aliphatic heterocycles. The number of esters is 2. The van der Waals surface area contributed by atoms with Crippen molar-refractivity contribution in [2.24, 2.45) is 16.2 Å². The number of pyridine rings is 1. The normalized spacial score (nSPS) is 33.5. The minimum absolute atomic E-state index is 0.106. The van der Waals surface area contributed by atoms with Gasteiger partial charge in [-0.15, -0.1) is 0 Å². The fourth-order valence-corrected chi connectivity index (χ4v) is 7.57. The molecule has 0 radical (unpaired) electrons. The predicted molar refractivity (Wildman–Crippen MR) is 120 cm³/mol. The average molecular weight is 435 g/mol. The number of aromatic nitrogens is 1. The lowest BCUT2D eigenvalue weighted by Crippen LogP contribution is -2.67. The van der Waals surface area contributed by atoms with Crippen LogP contribution in [0.3, 0.4) is 0 Å². The van der Waals surface area contributed by atoms with Gasteiger partial charge >= 0.3 is 11.9 Å². The first-order chi connectivity index (χ1) is 14.9. The molecule has 0 unspecified atom stereocenters. The second kappa shape index (κ2) is 5.83. The summed E-state index contributed by atoms with van der Waals surface area (Å²) in [6, 6.07) is 9.99. The molecule has 6 nitrogen and oxygen atoms in total. The Labute approximate surface area is 188 Å². The van der Waals surface area contributed by atoms with Crippen LogP contribution in [0.25, 0.3) is 10.9 Å². The monoisotopic (exact) mass is 434 g/mol. The van der Waals surface area contributed by atoms with Crippen molar-refractivity contribution in [2.45, 2.75) is 78.2 Å². The van der Waals surface area contributed by atoms with E-state index in [1.54, 1.807) is 13.8 Å². The lowest BCUT2D eigenvalue weighted by Gasteiger charge is -2.52. The lowest BCUT2D eigenvalue weighted by atomic mass is 9.57. The highest BCUT2D eigenvalue weighted by molar-refractivity contribution is 6.05. The number of benzene rings is 1. The first kappa shape index (κ1) is 20.0. The minimum atomic E-state index is -1.38. The van der Waals surface area contributed by atoms with Crippen LogP contribution in [0.15, 0.2) is 30.3 Å². The van der Waals surface area contributed by atoms with Crippen molar-refractivity contribution in [1.82, 2.24) is 4.98 Å². The Morgan fingerprint density at radius 3 is 2.41 bits per heavy atom. The molecule has 1 aromatic carbocycles. The summed E-state index contributed by atoms with van der Waals surface area (Å²) >= 11 is 0. The zero-order valence-electron chi connectivity index (χ0n) is 19.4. The highest BCUT2D eigenvalue weighted by atomic mass is 16.7. The number of ether oxygens (including phenoxy) is 2. The molecule has 4 aliphatic rings. The number of cyclic esters (lactones) is 2. The van der Waals surface area contributed by atoms with Crippen LogP contribution in [0, 0.1) is 16.2 Å². The van der Waals surface area contributed by atoms with Gasteiger partial charge < -0.3 is 14.4 Å². The molecule has 2 aromatic rings. The molecule has 6 heteroatoms. The summed E-state index contributed by atoms with van der Waals surface area (Å²) in [6.45, 7) is 10.1. The smallest absolute Gasteiger partial charge is 0.329 e. The van der Waals surface area contributed by atoms with Crippen LogP contribution < -0.4 is 4.90 Å². The lowest BCUT2D eigenvalue weighted by molar-refractivity contribution is -0.255. The number of hydrogen-bond donors (Lipinski definition) is 0. The molecule has 168 valence electrons. The molecule has 2 bridgehead atoms. The highest BCUT2D eigenvalue weighted by Gasteiger charge is 2.72. The maximum atomic E-state index is 13.7. The Hall–Kier alpha value is -2.63. The Balaban J connectivity index is 1.62. The van der Waals surface area contributed by atoms with Crippen LogP contribution in [0.5, 0.6) is 0 Å². The van der Waals surface area contributed by atoms with E-state index in [-0.39, 0.29) is 29.3 Å². The predicted octanol–water partition coefficient (Wildman–Crippen LogP) is 4.39. The van der Waals surface area contributed by atoms with E-state index in [1.165, 1.54) is 0 Å². The van der Waals surface area contributed by atoms with Gasteiger partial charge in [-0.25, -0.2) is 4.98 Å². The zero-order valence-corrected chi connectivity index (χ0v) is 19.4. The number of para-hydroxylation sites is 1. The quantitative estimate of drug-likeness (QED) is 0.453. The van der Waals surface area contributed by atoms with E-state index in [0.29, 0.717) is 0 Å². The fourth-order valence-electron chi connectivity index (χ4n) is 7.57. The van der Waals surface area contributed by atoms with Gasteiger partial charge in [-0.2, -0.15) is 0 Å². The molecule has 3 atom stereocenters. The van der Waals surface area contributed by atoms with Gasteiger partial charge in [0.25, 0.3) is 5.79 Å². The summed E-state index contributed by atoms with van der Waals surface area (Å²) in [5.41, 5.74) is 0.354. The van der Waals surface area contributed by atoms with Crippen LogP contribution in [-0.2, 0) is 25.5 Å². The summed E-state index contributed by atoms with van der Waals surface area (Å²) in [5.74, 6) is -1.26. The Morgan fingerprint density at radius 2 is 1.69 bits per heavy atom. The minimum Gasteiger partial charge on any atom is -0.422 e. The van der Waals surface area contributed by atoms with Crippen LogP contribution >= 0.6 is 0 Å². The number of rotatable bonds is 0. The van der Waals surface area contributed by atoms with Crippen molar-refractivity contribution in [3.05, 3.63) is 35.9 Å². The maximum Gasteiger partial charge on any atom is 0.329 e. The average Bonchev–Trinajstić information content (AvgIpc) is 2.90. The van der Waals surface area contributed by atoms with Crippen molar-refractivity contribution in [3.63, 3.8) is 0 Å². The molecule has 0 N–H and O–H groups in total. The number of carbonyl (C=O) groups is 2. The molecule has 32 heavy (non-hydrogen) atoms. The van der Waals surface area contributed by atoms with Gasteiger partial charge in [0.15, 0.2) is 5.41 Å². The van der Waals surface area contributed by atoms with E-state index in [4.69, 9.17) is 14.5 Å². The SMILES string of the molecule is CC1(C)C[C@H]2C[C@@](C)(C1)[C@H]1N2c2nc3ccccc3cc2CC12C(=O)OC(C)(C)OC2=O. The molecule has 1 aromatic heterocycles. The molecule has 1 spiro atoms. The number of carbonyl (C=O) groups excluding carboxylic acids is 2. The van der Waals surface area contributed by atoms with E-state index in [1.807, 2.05) is 24.3 Å². The van der Waals surface area contributed by atoms with Gasteiger partial charge in [0.2, 0.25) is 0 Å². The molecule has 0 amide bonds. The van der Waals surface area contributed by atoms with Crippen molar-refractivity contribution in [1.29, 1.82) is 0 Å². The van der Waals surface area contributed by atoms with E-state index in [0.717, 1.165) is 41.5 Å². The maximum absolute atomic E-state index is 13.7. The number of fused-ring (bicyclic) bond motifs is 9. The van der Waals surface area contributed by atoms with Crippen molar-refractivity contribution < 1.29 is 19.1 Å². The number of anilines is 1. The van der Waals surface area contributed by atoms with Gasteiger partial charge in [-0.05, 0) is 47.8 Å². The van der Waals surface area contributed by atoms with E-state index >= 15 is 0 Å². The Bertz CT molecular complexity index is 1170. The van der Waals surface area contributed by atoms with E-state index in [2.05, 4.69) is 31.7 Å². The third-order valence-electron chi connectivity index (χ3n) is 8.07. The molecule has 6 rings (SSSR count). The Kier molecular flexibility index (Phi) is 3.65. The van der Waals surface area contributed by atoms with Gasteiger partial charge in [0.1, 0.15) is 5.82 Å². The summed E-state index contributed by atoms with van der Waals surface area (Å²) in [6.07, 6.45) is 3.13. The second-order valence-electron chi connectivity index (χ2n) is 11.9. The third kappa shape index (κ3) is 2.49. The molecular formula is C26H30N2O4. The molecule has 2 saturated heterocycles. The standard InChI is InChI=1S/C26H30N2O4/c1-23(2)12-17-13-25(5,14-23)20-26(21(29)31-24(3,4)32-22(26)30)11-16-10-15-8-6-7-9-18(15)27-19(16)28(17)20/h6-10,17,20H,11-14H2,1-5H3/t17-,20+,25-/m0/s1. The van der Waals surface area contributed by atoms with E-state index < -0.39 is 23.1 Å². The number of nitrogens with zero attached hydrogens (tertiary/aromatic N) is 2. The summed E-state index contributed by atoms with van der Waals surface area (Å²) in [4.78, 5) is 34.9. The summed E-state index contributed by atoms with van der Waals surface area (Å²) in [5, 5.41) is 1.01. The van der Waals surface area contributed by atoms with Crippen LogP contribution in [-0.4, -0.2) is 34.8 Å². The van der Waals surface area contributed by atoms with Crippen LogP contribution in [0.1, 0.15) is 59.4 Å². The Morgan fingerprint density at radius 1 is 1.00 bits per heavy atom. The molecular weight excluding hydrogens is 404 g/mol. The summed E-state index contributed by atoms with van der Waals surface area (Å²) < 4.78 is 11.5. The van der Waals surface area contributed by atoms with Crippen LogP contribution in [0.4, 0.5) is 5.82 Å². The molecule has 3 fully saturated rings. The fraction of sp³-hybridized carbons (Fsp3) is 0.577. The van der Waals surface area contributed by atoms with Gasteiger partial charge in [0.05, 0.1) is 11.6 Å². The number of hydrogen-bond acceptors (Lipinski definition) is 6. The third-order valence-corrected chi connectivity index (χ3v) is 8.07. The summed E-state index contributed by atoms with van der Waals surface area (Å²) in [7, 11) is 0. The molecule has 1 saturated carbocycles.